The summed E-state index contributed by atoms with van der Waals surface area (Å²) in [6.07, 6.45) is 7.58. The summed E-state index contributed by atoms with van der Waals surface area (Å²) in [7, 11) is 0. The molecular formula is C21H23NO3. The SMILES string of the molecule is C=C=CCN(C(=O)OC(C)(C)C)C1(c2ccccc2)C=CC(=O)C=C1. The minimum atomic E-state index is -0.912. The smallest absolute Gasteiger partial charge is 0.411 e. The molecule has 0 spiro atoms. The van der Waals surface area contributed by atoms with Gasteiger partial charge in [-0.25, -0.2) is 4.79 Å². The summed E-state index contributed by atoms with van der Waals surface area (Å²) in [5.74, 6) is -0.116. The molecule has 1 aromatic carbocycles. The summed E-state index contributed by atoms with van der Waals surface area (Å²) in [6.45, 7) is 9.27. The summed E-state index contributed by atoms with van der Waals surface area (Å²) in [5.41, 5.74) is 2.00. The molecule has 0 N–H and O–H groups in total. The molecule has 1 aliphatic carbocycles. The van der Waals surface area contributed by atoms with Crippen molar-refractivity contribution in [3.8, 4) is 0 Å². The van der Waals surface area contributed by atoms with Crippen molar-refractivity contribution in [3.63, 3.8) is 0 Å². The third-order valence-corrected chi connectivity index (χ3v) is 3.72. The minimum Gasteiger partial charge on any atom is -0.444 e. The second kappa shape index (κ2) is 7.37. The molecular weight excluding hydrogens is 314 g/mol. The zero-order chi connectivity index (χ0) is 18.5. The number of hydrogen-bond donors (Lipinski definition) is 0. The van der Waals surface area contributed by atoms with Crippen LogP contribution in [0.5, 0.6) is 0 Å². The monoisotopic (exact) mass is 337 g/mol. The lowest BCUT2D eigenvalue weighted by atomic mass is 9.84. The quantitative estimate of drug-likeness (QED) is 0.775. The molecule has 1 amide bonds. The Bertz CT molecular complexity index is 731. The Balaban J connectivity index is 2.56. The molecule has 4 nitrogen and oxygen atoms in total. The molecule has 0 saturated carbocycles. The Labute approximate surface area is 148 Å². The Morgan fingerprint density at radius 1 is 1.24 bits per heavy atom. The van der Waals surface area contributed by atoms with Crippen molar-refractivity contribution in [2.75, 3.05) is 6.54 Å². The first-order valence-corrected chi connectivity index (χ1v) is 8.11. The van der Waals surface area contributed by atoms with E-state index in [1.807, 2.05) is 51.1 Å². The van der Waals surface area contributed by atoms with Crippen LogP contribution < -0.4 is 0 Å². The van der Waals surface area contributed by atoms with Crippen molar-refractivity contribution in [1.29, 1.82) is 0 Å². The Hall–Kier alpha value is -2.84. The molecule has 0 heterocycles. The minimum absolute atomic E-state index is 0.116. The summed E-state index contributed by atoms with van der Waals surface area (Å²) in [5, 5.41) is 0. The number of benzene rings is 1. The Kier molecular flexibility index (Phi) is 5.45. The highest BCUT2D eigenvalue weighted by atomic mass is 16.6. The van der Waals surface area contributed by atoms with Crippen molar-refractivity contribution < 1.29 is 14.3 Å². The maximum atomic E-state index is 12.9. The molecule has 0 fully saturated rings. The van der Waals surface area contributed by atoms with E-state index in [1.54, 1.807) is 23.1 Å². The van der Waals surface area contributed by atoms with Crippen LogP contribution in [-0.2, 0) is 15.1 Å². The van der Waals surface area contributed by atoms with Gasteiger partial charge in [-0.15, -0.1) is 5.73 Å². The van der Waals surface area contributed by atoms with E-state index in [9.17, 15) is 9.59 Å². The molecule has 4 heteroatoms. The molecule has 25 heavy (non-hydrogen) atoms. The highest BCUT2D eigenvalue weighted by molar-refractivity contribution is 6.01. The van der Waals surface area contributed by atoms with Gasteiger partial charge < -0.3 is 4.74 Å². The number of nitrogens with zero attached hydrogens (tertiary/aromatic N) is 1. The van der Waals surface area contributed by atoms with Gasteiger partial charge in [-0.05, 0) is 56.7 Å². The second-order valence-electron chi connectivity index (χ2n) is 6.76. The van der Waals surface area contributed by atoms with Gasteiger partial charge in [-0.3, -0.25) is 9.69 Å². The normalized spacial score (nSPS) is 15.4. The molecule has 0 aliphatic heterocycles. The summed E-state index contributed by atoms with van der Waals surface area (Å²) >= 11 is 0. The molecule has 0 saturated heterocycles. The number of ether oxygens (including phenoxy) is 1. The fraction of sp³-hybridized carbons (Fsp3) is 0.286. The van der Waals surface area contributed by atoms with Crippen LogP contribution in [-0.4, -0.2) is 28.9 Å². The predicted molar refractivity (Wildman–Crippen MR) is 98.1 cm³/mol. The van der Waals surface area contributed by atoms with Crippen molar-refractivity contribution in [2.24, 2.45) is 0 Å². The molecule has 0 atom stereocenters. The van der Waals surface area contributed by atoms with Crippen molar-refractivity contribution in [3.05, 3.63) is 78.6 Å². The van der Waals surface area contributed by atoms with Crippen molar-refractivity contribution in [1.82, 2.24) is 4.90 Å². The maximum absolute atomic E-state index is 12.9. The van der Waals surface area contributed by atoms with Gasteiger partial charge in [0, 0.05) is 0 Å². The lowest BCUT2D eigenvalue weighted by Gasteiger charge is -2.41. The van der Waals surface area contributed by atoms with Crippen LogP contribution in [0.1, 0.15) is 26.3 Å². The predicted octanol–water partition coefficient (Wildman–Crippen LogP) is 4.16. The first-order valence-electron chi connectivity index (χ1n) is 8.11. The van der Waals surface area contributed by atoms with Gasteiger partial charge in [0.2, 0.25) is 0 Å². The third-order valence-electron chi connectivity index (χ3n) is 3.72. The fourth-order valence-corrected chi connectivity index (χ4v) is 2.61. The third kappa shape index (κ3) is 4.37. The summed E-state index contributed by atoms with van der Waals surface area (Å²) < 4.78 is 5.59. The molecule has 2 rings (SSSR count). The van der Waals surface area contributed by atoms with E-state index >= 15 is 0 Å². The van der Waals surface area contributed by atoms with Crippen LogP contribution in [0.3, 0.4) is 0 Å². The van der Waals surface area contributed by atoms with Gasteiger partial charge in [0.15, 0.2) is 5.78 Å². The van der Waals surface area contributed by atoms with E-state index in [1.165, 1.54) is 12.2 Å². The van der Waals surface area contributed by atoms with E-state index in [0.29, 0.717) is 0 Å². The lowest BCUT2D eigenvalue weighted by Crippen LogP contribution is -2.50. The Morgan fingerprint density at radius 2 is 1.84 bits per heavy atom. The number of carbonyl (C=O) groups is 2. The fourth-order valence-electron chi connectivity index (χ4n) is 2.61. The average Bonchev–Trinajstić information content (AvgIpc) is 2.56. The van der Waals surface area contributed by atoms with Crippen LogP contribution in [0, 0.1) is 0 Å². The van der Waals surface area contributed by atoms with E-state index in [4.69, 9.17) is 4.74 Å². The Morgan fingerprint density at radius 3 is 2.36 bits per heavy atom. The van der Waals surface area contributed by atoms with Gasteiger partial charge in [-0.1, -0.05) is 36.9 Å². The van der Waals surface area contributed by atoms with Gasteiger partial charge in [0.05, 0.1) is 6.54 Å². The highest BCUT2D eigenvalue weighted by Crippen LogP contribution is 2.35. The molecule has 0 bridgehead atoms. The zero-order valence-corrected chi connectivity index (χ0v) is 14.9. The van der Waals surface area contributed by atoms with Crippen LogP contribution in [0.2, 0.25) is 0 Å². The van der Waals surface area contributed by atoms with Crippen molar-refractivity contribution in [2.45, 2.75) is 31.9 Å². The maximum Gasteiger partial charge on any atom is 0.411 e. The molecule has 0 aromatic heterocycles. The van der Waals surface area contributed by atoms with Crippen molar-refractivity contribution >= 4 is 11.9 Å². The first kappa shape index (κ1) is 18.5. The average molecular weight is 337 g/mol. The number of hydrogen-bond acceptors (Lipinski definition) is 3. The molecule has 0 radical (unpaired) electrons. The molecule has 1 aliphatic rings. The van der Waals surface area contributed by atoms with Gasteiger partial charge in [-0.2, -0.15) is 0 Å². The van der Waals surface area contributed by atoms with Crippen LogP contribution in [0.25, 0.3) is 0 Å². The largest absolute Gasteiger partial charge is 0.444 e. The summed E-state index contributed by atoms with van der Waals surface area (Å²) in [4.78, 5) is 26.1. The van der Waals surface area contributed by atoms with E-state index in [0.717, 1.165) is 5.56 Å². The van der Waals surface area contributed by atoms with Gasteiger partial charge >= 0.3 is 6.09 Å². The van der Waals surface area contributed by atoms with Crippen LogP contribution in [0.4, 0.5) is 4.79 Å². The number of carbonyl (C=O) groups excluding carboxylic acids is 2. The first-order chi connectivity index (χ1) is 11.8. The molecule has 0 unspecified atom stereocenters. The number of amides is 1. The van der Waals surface area contributed by atoms with E-state index in [2.05, 4.69) is 12.3 Å². The van der Waals surface area contributed by atoms with E-state index in [-0.39, 0.29) is 12.3 Å². The summed E-state index contributed by atoms with van der Waals surface area (Å²) in [6, 6.07) is 9.52. The number of allylic oxidation sites excluding steroid dienone is 2. The second-order valence-corrected chi connectivity index (χ2v) is 6.76. The van der Waals surface area contributed by atoms with Crippen LogP contribution in [0.15, 0.2) is 73.0 Å². The number of rotatable bonds is 4. The lowest BCUT2D eigenvalue weighted by molar-refractivity contribution is -0.110. The topological polar surface area (TPSA) is 46.6 Å². The van der Waals surface area contributed by atoms with E-state index < -0.39 is 17.2 Å². The van der Waals surface area contributed by atoms with Gasteiger partial charge in [0.1, 0.15) is 11.1 Å². The van der Waals surface area contributed by atoms with Gasteiger partial charge in [0.25, 0.3) is 0 Å². The number of ketones is 1. The molecule has 130 valence electrons. The highest BCUT2D eigenvalue weighted by Gasteiger charge is 2.40. The van der Waals surface area contributed by atoms with Crippen LogP contribution >= 0.6 is 0 Å². The zero-order valence-electron chi connectivity index (χ0n) is 14.9. The standard InChI is InChI=1S/C21H23NO3/c1-5-6-16-22(19(24)25-20(2,3)4)21(14-12-18(23)13-15-21)17-10-8-7-9-11-17/h6-15H,1,16H2,2-4H3. The molecule has 1 aromatic rings.